The van der Waals surface area contributed by atoms with E-state index in [0.29, 0.717) is 24.3 Å². The van der Waals surface area contributed by atoms with Crippen LogP contribution in [-0.2, 0) is 9.84 Å². The number of benzene rings is 1. The maximum atomic E-state index is 13.1. The van der Waals surface area contributed by atoms with Gasteiger partial charge in [-0.1, -0.05) is 6.92 Å². The van der Waals surface area contributed by atoms with Gasteiger partial charge in [0.05, 0.1) is 18.6 Å². The summed E-state index contributed by atoms with van der Waals surface area (Å²) in [5.74, 6) is 0.910. The number of furan rings is 1. The Bertz CT molecular complexity index is 900. The second kappa shape index (κ2) is 6.71. The number of rotatable bonds is 5. The van der Waals surface area contributed by atoms with Gasteiger partial charge in [0.25, 0.3) is 5.91 Å². The van der Waals surface area contributed by atoms with Gasteiger partial charge in [0.2, 0.25) is 0 Å². The van der Waals surface area contributed by atoms with Crippen molar-refractivity contribution in [3.05, 3.63) is 29.5 Å². The lowest BCUT2D eigenvalue weighted by molar-refractivity contribution is 0.0666. The number of nitrogens with zero attached hydrogens (tertiary/aromatic N) is 1. The van der Waals surface area contributed by atoms with Crippen LogP contribution >= 0.6 is 0 Å². The van der Waals surface area contributed by atoms with E-state index in [1.807, 2.05) is 19.9 Å². The van der Waals surface area contributed by atoms with Crippen LogP contribution in [0.15, 0.2) is 22.6 Å². The van der Waals surface area contributed by atoms with Crippen molar-refractivity contribution >= 4 is 26.7 Å². The molecule has 3 rings (SSSR count). The Morgan fingerprint density at radius 2 is 2.16 bits per heavy atom. The van der Waals surface area contributed by atoms with Crippen molar-refractivity contribution in [2.24, 2.45) is 0 Å². The molecule has 1 aromatic heterocycles. The number of sulfone groups is 1. The Hall–Kier alpha value is -2.02. The molecule has 1 aliphatic rings. The van der Waals surface area contributed by atoms with Crippen LogP contribution in [0.4, 0.5) is 0 Å². The minimum Gasteiger partial charge on any atom is -0.497 e. The number of hydrogen-bond acceptors (Lipinski definition) is 5. The van der Waals surface area contributed by atoms with E-state index in [9.17, 15) is 13.2 Å². The van der Waals surface area contributed by atoms with Gasteiger partial charge in [0.15, 0.2) is 15.6 Å². The monoisotopic (exact) mass is 365 g/mol. The highest BCUT2D eigenvalue weighted by molar-refractivity contribution is 7.91. The summed E-state index contributed by atoms with van der Waals surface area (Å²) >= 11 is 0. The van der Waals surface area contributed by atoms with E-state index in [0.717, 1.165) is 17.4 Å². The number of carbonyl (C=O) groups is 1. The molecule has 136 valence electrons. The molecule has 1 aromatic carbocycles. The summed E-state index contributed by atoms with van der Waals surface area (Å²) in [5, 5.41) is 0.832. The van der Waals surface area contributed by atoms with E-state index < -0.39 is 9.84 Å². The molecule has 1 saturated heterocycles. The second-order valence-electron chi connectivity index (χ2n) is 6.47. The lowest BCUT2D eigenvalue weighted by Crippen LogP contribution is -2.41. The second-order valence-corrected chi connectivity index (χ2v) is 8.70. The maximum absolute atomic E-state index is 13.1. The molecule has 1 amide bonds. The van der Waals surface area contributed by atoms with E-state index in [1.165, 1.54) is 0 Å². The van der Waals surface area contributed by atoms with Gasteiger partial charge in [-0.15, -0.1) is 0 Å². The Labute approximate surface area is 147 Å². The van der Waals surface area contributed by atoms with Crippen molar-refractivity contribution in [3.63, 3.8) is 0 Å². The Kier molecular flexibility index (Phi) is 4.77. The third kappa shape index (κ3) is 3.38. The molecule has 0 bridgehead atoms. The predicted octanol–water partition coefficient (Wildman–Crippen LogP) is 2.79. The van der Waals surface area contributed by atoms with Gasteiger partial charge in [0.1, 0.15) is 11.3 Å². The van der Waals surface area contributed by atoms with Crippen molar-refractivity contribution in [2.45, 2.75) is 32.7 Å². The van der Waals surface area contributed by atoms with Crippen LogP contribution in [0.1, 0.15) is 35.9 Å². The number of aryl methyl sites for hydroxylation is 1. The summed E-state index contributed by atoms with van der Waals surface area (Å²) < 4.78 is 34.7. The maximum Gasteiger partial charge on any atom is 0.290 e. The van der Waals surface area contributed by atoms with Crippen LogP contribution in [0.5, 0.6) is 5.75 Å². The minimum absolute atomic E-state index is 0.0336. The van der Waals surface area contributed by atoms with Crippen molar-refractivity contribution < 1.29 is 22.4 Å². The molecule has 1 aliphatic heterocycles. The molecule has 7 heteroatoms. The molecule has 6 nitrogen and oxygen atoms in total. The van der Waals surface area contributed by atoms with Gasteiger partial charge in [-0.05, 0) is 38.0 Å². The quantitative estimate of drug-likeness (QED) is 0.814. The van der Waals surface area contributed by atoms with Crippen LogP contribution < -0.4 is 4.74 Å². The molecule has 2 heterocycles. The molecule has 2 aromatic rings. The fourth-order valence-electron chi connectivity index (χ4n) is 3.37. The fourth-order valence-corrected chi connectivity index (χ4v) is 5.10. The SMILES string of the molecule is CCCN(C(=O)c1oc2ccc(OC)cc2c1C)[C@H]1CCS(=O)(=O)C1. The summed E-state index contributed by atoms with van der Waals surface area (Å²) in [5.41, 5.74) is 1.37. The van der Waals surface area contributed by atoms with Gasteiger partial charge in [-0.25, -0.2) is 8.42 Å². The summed E-state index contributed by atoms with van der Waals surface area (Å²) in [4.78, 5) is 14.7. The molecule has 0 unspecified atom stereocenters. The molecule has 0 radical (unpaired) electrons. The van der Waals surface area contributed by atoms with E-state index >= 15 is 0 Å². The van der Waals surface area contributed by atoms with Crippen LogP contribution in [0.2, 0.25) is 0 Å². The molecule has 25 heavy (non-hydrogen) atoms. The molecule has 0 spiro atoms. The van der Waals surface area contributed by atoms with Gasteiger partial charge in [-0.3, -0.25) is 4.79 Å². The number of carbonyl (C=O) groups excluding carboxylic acids is 1. The lowest BCUT2D eigenvalue weighted by atomic mass is 10.1. The largest absolute Gasteiger partial charge is 0.497 e. The Balaban J connectivity index is 1.97. The zero-order valence-electron chi connectivity index (χ0n) is 14.7. The van der Waals surface area contributed by atoms with Crippen LogP contribution in [0.3, 0.4) is 0 Å². The van der Waals surface area contributed by atoms with E-state index in [-0.39, 0.29) is 29.2 Å². The minimum atomic E-state index is -3.06. The van der Waals surface area contributed by atoms with Crippen LogP contribution in [-0.4, -0.2) is 50.4 Å². The molecule has 0 aliphatic carbocycles. The highest BCUT2D eigenvalue weighted by atomic mass is 32.2. The van der Waals surface area contributed by atoms with E-state index in [1.54, 1.807) is 24.1 Å². The van der Waals surface area contributed by atoms with E-state index in [4.69, 9.17) is 9.15 Å². The molecule has 0 saturated carbocycles. The topological polar surface area (TPSA) is 76.8 Å². The predicted molar refractivity (Wildman–Crippen MR) is 95.9 cm³/mol. The average molecular weight is 365 g/mol. The highest BCUT2D eigenvalue weighted by Gasteiger charge is 2.36. The third-order valence-electron chi connectivity index (χ3n) is 4.71. The smallest absolute Gasteiger partial charge is 0.290 e. The zero-order valence-corrected chi connectivity index (χ0v) is 15.6. The number of ether oxygens (including phenoxy) is 1. The average Bonchev–Trinajstić information content (AvgIpc) is 3.11. The van der Waals surface area contributed by atoms with Crippen LogP contribution in [0, 0.1) is 6.92 Å². The standard InChI is InChI=1S/C18H23NO5S/c1-4-8-19(13-7-9-25(21,22)11-13)18(20)17-12(2)15-10-14(23-3)5-6-16(15)24-17/h5-6,10,13H,4,7-9,11H2,1-3H3/t13-/m0/s1. The molecular weight excluding hydrogens is 342 g/mol. The van der Waals surface area contributed by atoms with Crippen molar-refractivity contribution in [1.29, 1.82) is 0 Å². The molecule has 1 fully saturated rings. The van der Waals surface area contributed by atoms with Gasteiger partial charge in [0, 0.05) is 23.5 Å². The van der Waals surface area contributed by atoms with Crippen molar-refractivity contribution in [1.82, 2.24) is 4.90 Å². The molecule has 1 atom stereocenters. The molecule has 0 N–H and O–H groups in total. The third-order valence-corrected chi connectivity index (χ3v) is 6.46. The van der Waals surface area contributed by atoms with Gasteiger partial charge in [-0.2, -0.15) is 0 Å². The lowest BCUT2D eigenvalue weighted by Gasteiger charge is -2.27. The summed E-state index contributed by atoms with van der Waals surface area (Å²) in [7, 11) is -1.47. The summed E-state index contributed by atoms with van der Waals surface area (Å²) in [6, 6.07) is 5.13. The fraction of sp³-hybridized carbons (Fsp3) is 0.500. The van der Waals surface area contributed by atoms with Gasteiger partial charge < -0.3 is 14.1 Å². The summed E-state index contributed by atoms with van der Waals surface area (Å²) in [6.45, 7) is 4.33. The van der Waals surface area contributed by atoms with Crippen LogP contribution in [0.25, 0.3) is 11.0 Å². The first kappa shape index (κ1) is 17.8. The number of amides is 1. The first-order chi connectivity index (χ1) is 11.9. The number of methoxy groups -OCH3 is 1. The van der Waals surface area contributed by atoms with E-state index in [2.05, 4.69) is 0 Å². The first-order valence-electron chi connectivity index (χ1n) is 8.45. The highest BCUT2D eigenvalue weighted by Crippen LogP contribution is 2.30. The summed E-state index contributed by atoms with van der Waals surface area (Å²) in [6.07, 6.45) is 1.25. The van der Waals surface area contributed by atoms with Gasteiger partial charge >= 0.3 is 0 Å². The van der Waals surface area contributed by atoms with Crippen molar-refractivity contribution in [3.8, 4) is 5.75 Å². The zero-order chi connectivity index (χ0) is 18.2. The number of hydrogen-bond donors (Lipinski definition) is 0. The number of fused-ring (bicyclic) bond motifs is 1. The molecular formula is C18H23NO5S. The normalized spacial score (nSPS) is 19.2. The Morgan fingerprint density at radius 3 is 2.76 bits per heavy atom. The Morgan fingerprint density at radius 1 is 1.40 bits per heavy atom. The van der Waals surface area contributed by atoms with Crippen molar-refractivity contribution in [2.75, 3.05) is 25.2 Å². The first-order valence-corrected chi connectivity index (χ1v) is 10.3.